The number of fused-ring (bicyclic) bond motifs is 1. The second-order valence-electron chi connectivity index (χ2n) is 6.67. The summed E-state index contributed by atoms with van der Waals surface area (Å²) in [6.07, 6.45) is 0.384. The van der Waals surface area contributed by atoms with Crippen LogP contribution in [0.25, 0.3) is 10.8 Å². The summed E-state index contributed by atoms with van der Waals surface area (Å²) >= 11 is 1.00. The van der Waals surface area contributed by atoms with Gasteiger partial charge in [0.15, 0.2) is 0 Å². The number of nitrogens with one attached hydrogen (secondary N) is 2. The average molecular weight is 439 g/mol. The first-order valence-electron chi connectivity index (χ1n) is 8.68. The Morgan fingerprint density at radius 2 is 2.10 bits per heavy atom. The number of hydrogen-bond donors (Lipinski definition) is 3. The molecule has 1 aliphatic rings. The van der Waals surface area contributed by atoms with Gasteiger partial charge in [0, 0.05) is 31.8 Å². The van der Waals surface area contributed by atoms with Gasteiger partial charge in [0.05, 0.1) is 16.8 Å². The molecule has 2 atom stereocenters. The highest BCUT2D eigenvalue weighted by atomic mass is 32.2. The van der Waals surface area contributed by atoms with Gasteiger partial charge < -0.3 is 19.7 Å². The number of sulfonamides is 1. The number of aromatic nitrogens is 1. The lowest BCUT2D eigenvalue weighted by molar-refractivity contribution is 0.0217. The highest BCUT2D eigenvalue weighted by Crippen LogP contribution is 2.33. The quantitative estimate of drug-likeness (QED) is 0.558. The maximum atomic E-state index is 14.4. The predicted molar refractivity (Wildman–Crippen MR) is 109 cm³/mol. The van der Waals surface area contributed by atoms with Crippen molar-refractivity contribution in [2.24, 2.45) is 0 Å². The molecule has 2 aromatic heterocycles. The van der Waals surface area contributed by atoms with E-state index in [9.17, 15) is 22.7 Å². The van der Waals surface area contributed by atoms with Gasteiger partial charge in [-0.2, -0.15) is 0 Å². The fourth-order valence-corrected chi connectivity index (χ4v) is 5.64. The number of thiophene rings is 1. The third-order valence-electron chi connectivity index (χ3n) is 4.79. The SMILES string of the molecule is COC1CN(c2ccc(S(=O)(=O)Nc3cc4c(=O)[nH]ccc4cc3F)s2)CC1O. The van der Waals surface area contributed by atoms with Crippen LogP contribution < -0.4 is 15.2 Å². The Hall–Kier alpha value is -2.47. The number of ether oxygens (including phenoxy) is 1. The van der Waals surface area contributed by atoms with E-state index in [2.05, 4.69) is 9.71 Å². The minimum absolute atomic E-state index is 0.00988. The molecule has 0 saturated carbocycles. The molecule has 1 saturated heterocycles. The smallest absolute Gasteiger partial charge is 0.271 e. The number of benzene rings is 1. The molecular formula is C18H18FN3O5S2. The summed E-state index contributed by atoms with van der Waals surface area (Å²) in [6.45, 7) is 0.765. The molecule has 0 amide bonds. The molecular weight excluding hydrogens is 421 g/mol. The van der Waals surface area contributed by atoms with E-state index < -0.39 is 27.5 Å². The highest BCUT2D eigenvalue weighted by Gasteiger charge is 2.32. The standard InChI is InChI=1S/C18H18FN3O5S2/c1-27-15-9-22(8-14(15)23)16-2-3-17(28-16)29(25,26)21-13-7-11-10(6-12(13)19)4-5-20-18(11)24/h2-7,14-15,21,23H,8-9H2,1H3,(H,20,24). The number of pyridine rings is 1. The minimum atomic E-state index is -4.06. The number of methoxy groups -OCH3 is 1. The Kier molecular flexibility index (Phi) is 5.07. The van der Waals surface area contributed by atoms with E-state index in [-0.39, 0.29) is 21.4 Å². The zero-order valence-corrected chi connectivity index (χ0v) is 16.9. The molecule has 3 heterocycles. The summed E-state index contributed by atoms with van der Waals surface area (Å²) < 4.78 is 47.3. The van der Waals surface area contributed by atoms with Crippen molar-refractivity contribution >= 4 is 42.8 Å². The Morgan fingerprint density at radius 1 is 1.31 bits per heavy atom. The molecule has 0 bridgehead atoms. The first kappa shape index (κ1) is 19.8. The van der Waals surface area contributed by atoms with Crippen LogP contribution in [0, 0.1) is 5.82 Å². The lowest BCUT2D eigenvalue weighted by atomic mass is 10.1. The topological polar surface area (TPSA) is 112 Å². The Labute approximate surface area is 169 Å². The second kappa shape index (κ2) is 7.41. The third-order valence-corrected chi connectivity index (χ3v) is 7.79. The molecule has 11 heteroatoms. The van der Waals surface area contributed by atoms with Crippen LogP contribution >= 0.6 is 11.3 Å². The summed E-state index contributed by atoms with van der Waals surface area (Å²) in [4.78, 5) is 16.2. The number of anilines is 2. The van der Waals surface area contributed by atoms with E-state index >= 15 is 0 Å². The second-order valence-corrected chi connectivity index (χ2v) is 9.64. The van der Waals surface area contributed by atoms with Crippen molar-refractivity contribution < 1.29 is 22.7 Å². The van der Waals surface area contributed by atoms with Gasteiger partial charge in [-0.1, -0.05) is 0 Å². The number of H-pyrrole nitrogens is 1. The summed E-state index contributed by atoms with van der Waals surface area (Å²) in [5.74, 6) is -0.783. The lowest BCUT2D eigenvalue weighted by Crippen LogP contribution is -2.25. The molecule has 29 heavy (non-hydrogen) atoms. The van der Waals surface area contributed by atoms with Crippen molar-refractivity contribution in [3.63, 3.8) is 0 Å². The van der Waals surface area contributed by atoms with Gasteiger partial charge in [0.25, 0.3) is 15.6 Å². The molecule has 154 valence electrons. The fraction of sp³-hybridized carbons (Fsp3) is 0.278. The zero-order chi connectivity index (χ0) is 20.8. The number of nitrogens with zero attached hydrogens (tertiary/aromatic N) is 1. The van der Waals surface area contributed by atoms with E-state index in [1.165, 1.54) is 31.5 Å². The molecule has 2 unspecified atom stereocenters. The van der Waals surface area contributed by atoms with Gasteiger partial charge in [0.1, 0.15) is 16.1 Å². The molecule has 0 aliphatic carbocycles. The number of halogens is 1. The van der Waals surface area contributed by atoms with Crippen LogP contribution in [0.1, 0.15) is 0 Å². The number of β-amino-alcohol motifs (C(OH)–C–C–N with tert-alkyl or cyclic N) is 1. The van der Waals surface area contributed by atoms with E-state index in [0.717, 1.165) is 17.4 Å². The maximum Gasteiger partial charge on any atom is 0.271 e. The van der Waals surface area contributed by atoms with Gasteiger partial charge in [-0.3, -0.25) is 9.52 Å². The summed E-state index contributed by atoms with van der Waals surface area (Å²) in [7, 11) is -2.55. The Morgan fingerprint density at radius 3 is 2.83 bits per heavy atom. The average Bonchev–Trinajstić information content (AvgIpc) is 3.30. The van der Waals surface area contributed by atoms with Crippen molar-refractivity contribution in [1.82, 2.24) is 4.98 Å². The Balaban J connectivity index is 1.61. The largest absolute Gasteiger partial charge is 0.388 e. The molecule has 3 N–H and O–H groups in total. The summed E-state index contributed by atoms with van der Waals surface area (Å²) in [5, 5.41) is 11.2. The van der Waals surface area contributed by atoms with Crippen LogP contribution in [0.4, 0.5) is 15.1 Å². The molecule has 1 aromatic carbocycles. The van der Waals surface area contributed by atoms with E-state index in [1.54, 1.807) is 6.07 Å². The first-order valence-corrected chi connectivity index (χ1v) is 11.0. The fourth-order valence-electron chi connectivity index (χ4n) is 3.27. The molecule has 8 nitrogen and oxygen atoms in total. The van der Waals surface area contributed by atoms with Crippen molar-refractivity contribution in [3.8, 4) is 0 Å². The number of aliphatic hydroxyl groups excluding tert-OH is 1. The monoisotopic (exact) mass is 439 g/mol. The van der Waals surface area contributed by atoms with E-state index in [4.69, 9.17) is 4.74 Å². The molecule has 0 radical (unpaired) electrons. The van der Waals surface area contributed by atoms with Crippen LogP contribution in [0.2, 0.25) is 0 Å². The highest BCUT2D eigenvalue weighted by molar-refractivity contribution is 7.94. The zero-order valence-electron chi connectivity index (χ0n) is 15.3. The molecule has 1 aliphatic heterocycles. The van der Waals surface area contributed by atoms with Crippen LogP contribution in [0.15, 0.2) is 45.5 Å². The molecule has 0 spiro atoms. The lowest BCUT2D eigenvalue weighted by Gasteiger charge is -2.15. The summed E-state index contributed by atoms with van der Waals surface area (Å²) in [5.41, 5.74) is -0.748. The van der Waals surface area contributed by atoms with Crippen molar-refractivity contribution in [3.05, 3.63) is 52.7 Å². The van der Waals surface area contributed by atoms with Crippen LogP contribution in [0.3, 0.4) is 0 Å². The normalized spacial score (nSPS) is 19.8. The van der Waals surface area contributed by atoms with E-state index in [0.29, 0.717) is 23.5 Å². The number of hydrogen-bond acceptors (Lipinski definition) is 7. The van der Waals surface area contributed by atoms with Gasteiger partial charge >= 0.3 is 0 Å². The van der Waals surface area contributed by atoms with Gasteiger partial charge in [-0.05, 0) is 35.7 Å². The number of aromatic amines is 1. The van der Waals surface area contributed by atoms with Gasteiger partial charge in [-0.15, -0.1) is 11.3 Å². The van der Waals surface area contributed by atoms with Crippen molar-refractivity contribution in [2.75, 3.05) is 29.8 Å². The molecule has 1 fully saturated rings. The number of aliphatic hydroxyl groups is 1. The van der Waals surface area contributed by atoms with Crippen LogP contribution in [-0.4, -0.2) is 50.9 Å². The summed E-state index contributed by atoms with van der Waals surface area (Å²) in [6, 6.07) is 6.86. The van der Waals surface area contributed by atoms with Crippen molar-refractivity contribution in [1.29, 1.82) is 0 Å². The molecule has 3 aromatic rings. The Bertz CT molecular complexity index is 1220. The van der Waals surface area contributed by atoms with Crippen LogP contribution in [0.5, 0.6) is 0 Å². The van der Waals surface area contributed by atoms with Gasteiger partial charge in [0.2, 0.25) is 0 Å². The molecule has 4 rings (SSSR count). The number of rotatable bonds is 5. The minimum Gasteiger partial charge on any atom is -0.388 e. The van der Waals surface area contributed by atoms with Crippen LogP contribution in [-0.2, 0) is 14.8 Å². The first-order chi connectivity index (χ1) is 13.8. The van der Waals surface area contributed by atoms with E-state index in [1.807, 2.05) is 4.90 Å². The predicted octanol–water partition coefficient (Wildman–Crippen LogP) is 1.73. The van der Waals surface area contributed by atoms with Crippen molar-refractivity contribution in [2.45, 2.75) is 16.4 Å². The van der Waals surface area contributed by atoms with Gasteiger partial charge in [-0.25, -0.2) is 12.8 Å². The maximum absolute atomic E-state index is 14.4. The third kappa shape index (κ3) is 3.73.